The van der Waals surface area contributed by atoms with Crippen molar-refractivity contribution in [3.8, 4) is 11.3 Å². The topological polar surface area (TPSA) is 42.0 Å². The molecule has 0 radical (unpaired) electrons. The van der Waals surface area contributed by atoms with Crippen LogP contribution in [0.3, 0.4) is 0 Å². The monoisotopic (exact) mass is 300 g/mol. The van der Waals surface area contributed by atoms with E-state index in [9.17, 15) is 4.79 Å². The van der Waals surface area contributed by atoms with Crippen molar-refractivity contribution >= 4 is 45.6 Å². The number of carbonyl (C=O) groups excluding carboxylic acids is 1. The van der Waals surface area contributed by atoms with E-state index >= 15 is 0 Å². The molecule has 0 unspecified atom stereocenters. The van der Waals surface area contributed by atoms with Gasteiger partial charge in [-0.2, -0.15) is 0 Å². The SMILES string of the molecule is CC(=O)Nc1nc(-c2ccc(Cl)c(Cl)c2)c(C)s1. The second-order valence-corrected chi connectivity index (χ2v) is 5.75. The number of aryl methyl sites for hydroxylation is 1. The van der Waals surface area contributed by atoms with Crippen molar-refractivity contribution in [3.63, 3.8) is 0 Å². The van der Waals surface area contributed by atoms with Crippen LogP contribution in [0.15, 0.2) is 18.2 Å². The molecule has 1 amide bonds. The number of nitrogens with one attached hydrogen (secondary N) is 1. The Kier molecular flexibility index (Phi) is 3.90. The number of thiazole rings is 1. The highest BCUT2D eigenvalue weighted by Gasteiger charge is 2.11. The molecule has 1 aromatic heterocycles. The van der Waals surface area contributed by atoms with Crippen molar-refractivity contribution in [3.05, 3.63) is 33.1 Å². The molecule has 0 saturated carbocycles. The zero-order valence-electron chi connectivity index (χ0n) is 9.75. The number of rotatable bonds is 2. The van der Waals surface area contributed by atoms with E-state index < -0.39 is 0 Å². The summed E-state index contributed by atoms with van der Waals surface area (Å²) in [6.07, 6.45) is 0. The summed E-state index contributed by atoms with van der Waals surface area (Å²) in [6, 6.07) is 5.35. The summed E-state index contributed by atoms with van der Waals surface area (Å²) in [5.74, 6) is -0.135. The molecule has 0 fully saturated rings. The molecule has 1 heterocycles. The standard InChI is InChI=1S/C12H10Cl2N2OS/c1-6-11(16-12(18-6)15-7(2)17)8-3-4-9(13)10(14)5-8/h3-5H,1-2H3,(H,15,16,17). The van der Waals surface area contributed by atoms with E-state index in [0.717, 1.165) is 16.1 Å². The molecule has 0 aliphatic carbocycles. The molecule has 6 heteroatoms. The summed E-state index contributed by atoms with van der Waals surface area (Å²) in [5, 5.41) is 4.25. The molecule has 0 bridgehead atoms. The number of aromatic nitrogens is 1. The first-order chi connectivity index (χ1) is 8.47. The lowest BCUT2D eigenvalue weighted by molar-refractivity contribution is -0.114. The third kappa shape index (κ3) is 2.83. The van der Waals surface area contributed by atoms with Crippen molar-refractivity contribution in [2.24, 2.45) is 0 Å². The average molecular weight is 301 g/mol. The Morgan fingerprint density at radius 2 is 2.06 bits per heavy atom. The summed E-state index contributed by atoms with van der Waals surface area (Å²) in [6.45, 7) is 3.40. The largest absolute Gasteiger partial charge is 0.302 e. The van der Waals surface area contributed by atoms with Crippen LogP contribution in [0.4, 0.5) is 5.13 Å². The van der Waals surface area contributed by atoms with Gasteiger partial charge in [0, 0.05) is 17.4 Å². The van der Waals surface area contributed by atoms with Gasteiger partial charge in [0.2, 0.25) is 5.91 Å². The van der Waals surface area contributed by atoms with Gasteiger partial charge in [-0.15, -0.1) is 11.3 Å². The minimum atomic E-state index is -0.135. The number of halogens is 2. The smallest absolute Gasteiger partial charge is 0.223 e. The molecule has 18 heavy (non-hydrogen) atoms. The Morgan fingerprint density at radius 3 is 2.67 bits per heavy atom. The van der Waals surface area contributed by atoms with Crippen LogP contribution in [0.1, 0.15) is 11.8 Å². The van der Waals surface area contributed by atoms with Crippen molar-refractivity contribution in [2.75, 3.05) is 5.32 Å². The number of benzene rings is 1. The first-order valence-electron chi connectivity index (χ1n) is 5.18. The van der Waals surface area contributed by atoms with Gasteiger partial charge in [-0.1, -0.05) is 29.3 Å². The predicted octanol–water partition coefficient (Wildman–Crippen LogP) is 4.38. The fourth-order valence-electron chi connectivity index (χ4n) is 1.51. The van der Waals surface area contributed by atoms with E-state index in [1.165, 1.54) is 18.3 Å². The van der Waals surface area contributed by atoms with Gasteiger partial charge in [-0.3, -0.25) is 4.79 Å². The second-order valence-electron chi connectivity index (χ2n) is 3.73. The highest BCUT2D eigenvalue weighted by Crippen LogP contribution is 2.33. The first-order valence-corrected chi connectivity index (χ1v) is 6.75. The van der Waals surface area contributed by atoms with Crippen LogP contribution in [-0.4, -0.2) is 10.9 Å². The number of anilines is 1. The van der Waals surface area contributed by atoms with E-state index in [2.05, 4.69) is 10.3 Å². The molecular weight excluding hydrogens is 291 g/mol. The Labute approximate surface area is 119 Å². The Bertz CT molecular complexity index is 610. The van der Waals surface area contributed by atoms with Crippen LogP contribution in [0.25, 0.3) is 11.3 Å². The van der Waals surface area contributed by atoms with Crippen LogP contribution in [-0.2, 0) is 4.79 Å². The summed E-state index contributed by atoms with van der Waals surface area (Å²) in [4.78, 5) is 16.4. The van der Waals surface area contributed by atoms with Crippen molar-refractivity contribution < 1.29 is 4.79 Å². The summed E-state index contributed by atoms with van der Waals surface area (Å²) >= 11 is 13.3. The zero-order chi connectivity index (χ0) is 13.3. The molecule has 0 atom stereocenters. The predicted molar refractivity (Wildman–Crippen MR) is 76.6 cm³/mol. The van der Waals surface area contributed by atoms with Crippen molar-refractivity contribution in [1.29, 1.82) is 0 Å². The van der Waals surface area contributed by atoms with Crippen LogP contribution in [0.2, 0.25) is 10.0 Å². The maximum atomic E-state index is 11.0. The minimum absolute atomic E-state index is 0.135. The molecule has 2 aromatic rings. The van der Waals surface area contributed by atoms with Gasteiger partial charge < -0.3 is 5.32 Å². The molecule has 0 spiro atoms. The van der Waals surface area contributed by atoms with Gasteiger partial charge in [0.1, 0.15) is 0 Å². The van der Waals surface area contributed by atoms with E-state index in [1.807, 2.05) is 13.0 Å². The van der Waals surface area contributed by atoms with Crippen molar-refractivity contribution in [2.45, 2.75) is 13.8 Å². The molecule has 3 nitrogen and oxygen atoms in total. The molecule has 94 valence electrons. The zero-order valence-corrected chi connectivity index (χ0v) is 12.1. The van der Waals surface area contributed by atoms with Gasteiger partial charge in [-0.05, 0) is 19.1 Å². The van der Waals surface area contributed by atoms with Crippen LogP contribution in [0.5, 0.6) is 0 Å². The third-order valence-corrected chi connectivity index (χ3v) is 3.90. The summed E-state index contributed by atoms with van der Waals surface area (Å²) < 4.78 is 0. The highest BCUT2D eigenvalue weighted by molar-refractivity contribution is 7.16. The van der Waals surface area contributed by atoms with Crippen LogP contribution < -0.4 is 5.32 Å². The van der Waals surface area contributed by atoms with Gasteiger partial charge in [0.05, 0.1) is 15.7 Å². The Hall–Kier alpha value is -1.10. The molecule has 2 rings (SSSR count). The fourth-order valence-corrected chi connectivity index (χ4v) is 2.69. The second kappa shape index (κ2) is 5.26. The molecule has 0 saturated heterocycles. The molecule has 0 aliphatic heterocycles. The molecular formula is C12H10Cl2N2OS. The Morgan fingerprint density at radius 1 is 1.33 bits per heavy atom. The van der Waals surface area contributed by atoms with Crippen LogP contribution >= 0.6 is 34.5 Å². The number of amides is 1. The van der Waals surface area contributed by atoms with Gasteiger partial charge in [0.15, 0.2) is 5.13 Å². The highest BCUT2D eigenvalue weighted by atomic mass is 35.5. The number of hydrogen-bond donors (Lipinski definition) is 1. The quantitative estimate of drug-likeness (QED) is 0.894. The normalized spacial score (nSPS) is 10.4. The maximum Gasteiger partial charge on any atom is 0.223 e. The number of nitrogens with zero attached hydrogens (tertiary/aromatic N) is 1. The first kappa shape index (κ1) is 13.3. The fraction of sp³-hybridized carbons (Fsp3) is 0.167. The lowest BCUT2D eigenvalue weighted by atomic mass is 10.1. The van der Waals surface area contributed by atoms with Gasteiger partial charge in [-0.25, -0.2) is 4.98 Å². The maximum absolute atomic E-state index is 11.0. The Balaban J connectivity index is 2.41. The summed E-state index contributed by atoms with van der Waals surface area (Å²) in [5.41, 5.74) is 1.69. The lowest BCUT2D eigenvalue weighted by Gasteiger charge is -2.01. The summed E-state index contributed by atoms with van der Waals surface area (Å²) in [7, 11) is 0. The van der Waals surface area contributed by atoms with Gasteiger partial charge in [0.25, 0.3) is 0 Å². The third-order valence-electron chi connectivity index (χ3n) is 2.27. The van der Waals surface area contributed by atoms with Crippen molar-refractivity contribution in [1.82, 2.24) is 4.98 Å². The number of hydrogen-bond acceptors (Lipinski definition) is 3. The average Bonchev–Trinajstić information content (AvgIpc) is 2.62. The molecule has 1 N–H and O–H groups in total. The van der Waals surface area contributed by atoms with Crippen LogP contribution in [0, 0.1) is 6.92 Å². The minimum Gasteiger partial charge on any atom is -0.302 e. The van der Waals surface area contributed by atoms with E-state index in [4.69, 9.17) is 23.2 Å². The number of carbonyl (C=O) groups is 1. The van der Waals surface area contributed by atoms with E-state index in [-0.39, 0.29) is 5.91 Å². The van der Waals surface area contributed by atoms with E-state index in [0.29, 0.717) is 15.2 Å². The van der Waals surface area contributed by atoms with Gasteiger partial charge >= 0.3 is 0 Å². The molecule has 0 aliphatic rings. The van der Waals surface area contributed by atoms with E-state index in [1.54, 1.807) is 12.1 Å². The lowest BCUT2D eigenvalue weighted by Crippen LogP contribution is -2.04. The molecule has 1 aromatic carbocycles.